The van der Waals surface area contributed by atoms with Crippen LogP contribution in [0.3, 0.4) is 0 Å². The van der Waals surface area contributed by atoms with E-state index in [1.165, 1.54) is 0 Å². The Morgan fingerprint density at radius 1 is 0.800 bits per heavy atom. The van der Waals surface area contributed by atoms with Crippen LogP contribution in [0.25, 0.3) is 49.8 Å². The maximum atomic E-state index is 6.09. The van der Waals surface area contributed by atoms with E-state index in [4.69, 9.17) is 14.1 Å². The van der Waals surface area contributed by atoms with E-state index in [1.54, 1.807) is 0 Å². The quantitative estimate of drug-likeness (QED) is 0.323. The molecule has 0 fully saturated rings. The van der Waals surface area contributed by atoms with Crippen LogP contribution in [-0.4, -0.2) is 9.55 Å². The maximum absolute atomic E-state index is 6.09. The van der Waals surface area contributed by atoms with E-state index in [-0.39, 0.29) is 0 Å². The molecule has 0 N–H and O–H groups in total. The third-order valence-electron chi connectivity index (χ3n) is 5.90. The molecule has 142 valence electrons. The number of para-hydroxylation sites is 3. The predicted octanol–water partition coefficient (Wildman–Crippen LogP) is 6.48. The minimum absolute atomic E-state index is 0.475. The normalized spacial score (nSPS) is 12.8. The Morgan fingerprint density at radius 2 is 1.67 bits per heavy atom. The van der Waals surface area contributed by atoms with Gasteiger partial charge in [-0.3, -0.25) is 4.57 Å². The molecule has 1 aliphatic heterocycles. The summed E-state index contributed by atoms with van der Waals surface area (Å²) in [6.07, 6.45) is 0. The summed E-state index contributed by atoms with van der Waals surface area (Å²) in [5.41, 5.74) is 7.18. The van der Waals surface area contributed by atoms with Gasteiger partial charge in [0.25, 0.3) is 0 Å². The Labute approximate surface area is 171 Å². The van der Waals surface area contributed by atoms with E-state index in [1.807, 2.05) is 36.4 Å². The molecule has 0 saturated heterocycles. The first-order valence-electron chi connectivity index (χ1n) is 10.0. The summed E-state index contributed by atoms with van der Waals surface area (Å²) in [6, 6.07) is 29.0. The molecular weight excluding hydrogens is 372 g/mol. The largest absolute Gasteiger partial charge is 0.483 e. The van der Waals surface area contributed by atoms with Gasteiger partial charge in [0.2, 0.25) is 0 Å². The average molecular weight is 388 g/mol. The molecule has 0 bridgehead atoms. The van der Waals surface area contributed by atoms with Crippen LogP contribution in [0.5, 0.6) is 5.75 Å². The highest BCUT2D eigenvalue weighted by atomic mass is 16.5. The lowest BCUT2D eigenvalue weighted by Gasteiger charge is -2.21. The van der Waals surface area contributed by atoms with Crippen LogP contribution < -0.4 is 4.74 Å². The predicted molar refractivity (Wildman–Crippen MR) is 118 cm³/mol. The summed E-state index contributed by atoms with van der Waals surface area (Å²) in [7, 11) is 0. The van der Waals surface area contributed by atoms with Gasteiger partial charge < -0.3 is 9.15 Å². The maximum Gasteiger partial charge on any atom is 0.152 e. The van der Waals surface area contributed by atoms with Gasteiger partial charge in [0.1, 0.15) is 23.5 Å². The standard InChI is InChI=1S/C26H16N2O2/c1-4-10-22-18(6-1)26-17(7-5-11-24(26)30-22)16-12-13-23-21(14-16)28-20-9-3-2-8-19(20)27-25(28)15-29-23/h1-14H,15H2. The van der Waals surface area contributed by atoms with Gasteiger partial charge in [-0.2, -0.15) is 0 Å². The number of hydrogen-bond acceptors (Lipinski definition) is 3. The van der Waals surface area contributed by atoms with Crippen molar-refractivity contribution in [2.24, 2.45) is 0 Å². The van der Waals surface area contributed by atoms with E-state index < -0.39 is 0 Å². The summed E-state index contributed by atoms with van der Waals surface area (Å²) in [5.74, 6) is 1.80. The molecule has 0 radical (unpaired) electrons. The van der Waals surface area contributed by atoms with Gasteiger partial charge in [0.15, 0.2) is 5.82 Å². The van der Waals surface area contributed by atoms with Gasteiger partial charge in [0.05, 0.1) is 16.7 Å². The molecule has 0 unspecified atom stereocenters. The summed E-state index contributed by atoms with van der Waals surface area (Å²) in [5, 5.41) is 2.27. The molecule has 0 spiro atoms. The van der Waals surface area contributed by atoms with Crippen LogP contribution in [0.1, 0.15) is 5.82 Å². The Balaban J connectivity index is 1.52. The molecule has 0 saturated carbocycles. The van der Waals surface area contributed by atoms with Gasteiger partial charge in [-0.25, -0.2) is 4.98 Å². The fourth-order valence-corrected chi connectivity index (χ4v) is 4.58. The van der Waals surface area contributed by atoms with Crippen LogP contribution in [0.15, 0.2) is 89.3 Å². The number of furan rings is 1. The first-order chi connectivity index (χ1) is 14.9. The molecular formula is C26H16N2O2. The van der Waals surface area contributed by atoms with Gasteiger partial charge >= 0.3 is 0 Å². The molecule has 0 amide bonds. The van der Waals surface area contributed by atoms with Gasteiger partial charge in [-0.15, -0.1) is 0 Å². The minimum Gasteiger partial charge on any atom is -0.483 e. The molecule has 7 rings (SSSR count). The number of aromatic nitrogens is 2. The first-order valence-corrected chi connectivity index (χ1v) is 10.0. The second-order valence-electron chi connectivity index (χ2n) is 7.60. The van der Waals surface area contributed by atoms with Crippen LogP contribution in [0.4, 0.5) is 0 Å². The number of imidazole rings is 1. The van der Waals surface area contributed by atoms with Gasteiger partial charge in [-0.1, -0.05) is 48.5 Å². The van der Waals surface area contributed by atoms with Crippen molar-refractivity contribution in [2.75, 3.05) is 0 Å². The molecule has 30 heavy (non-hydrogen) atoms. The van der Waals surface area contributed by atoms with Crippen molar-refractivity contribution >= 4 is 33.0 Å². The van der Waals surface area contributed by atoms with E-state index in [0.29, 0.717) is 6.61 Å². The molecule has 0 aliphatic carbocycles. The highest BCUT2D eigenvalue weighted by Gasteiger charge is 2.22. The third kappa shape index (κ3) is 2.08. The number of benzene rings is 4. The number of fused-ring (bicyclic) bond motifs is 8. The highest BCUT2D eigenvalue weighted by Crippen LogP contribution is 2.40. The van der Waals surface area contributed by atoms with Crippen molar-refractivity contribution in [1.29, 1.82) is 0 Å². The molecule has 6 aromatic rings. The fourth-order valence-electron chi connectivity index (χ4n) is 4.58. The SMILES string of the molecule is c1ccc2c(c1)nc1n2-c2cc(-c3cccc4oc5ccccc5c34)ccc2OC1. The van der Waals surface area contributed by atoms with Gasteiger partial charge in [0, 0.05) is 10.8 Å². The Hall–Kier alpha value is -4.05. The second-order valence-corrected chi connectivity index (χ2v) is 7.60. The number of hydrogen-bond donors (Lipinski definition) is 0. The zero-order valence-corrected chi connectivity index (χ0v) is 16.0. The highest BCUT2D eigenvalue weighted by molar-refractivity contribution is 6.12. The lowest BCUT2D eigenvalue weighted by Crippen LogP contribution is -2.13. The van der Waals surface area contributed by atoms with Crippen LogP contribution in [0.2, 0.25) is 0 Å². The van der Waals surface area contributed by atoms with Crippen molar-refractivity contribution < 1.29 is 9.15 Å². The lowest BCUT2D eigenvalue weighted by atomic mass is 9.98. The molecule has 1 aliphatic rings. The third-order valence-corrected chi connectivity index (χ3v) is 5.90. The van der Waals surface area contributed by atoms with Crippen molar-refractivity contribution in [1.82, 2.24) is 9.55 Å². The smallest absolute Gasteiger partial charge is 0.152 e. The Kier molecular flexibility index (Phi) is 3.03. The minimum atomic E-state index is 0.475. The summed E-state index contributed by atoms with van der Waals surface area (Å²) in [6.45, 7) is 0.475. The monoisotopic (exact) mass is 388 g/mol. The molecule has 3 heterocycles. The number of ether oxygens (including phenoxy) is 1. The van der Waals surface area contributed by atoms with Gasteiger partial charge in [-0.05, 0) is 47.5 Å². The van der Waals surface area contributed by atoms with Crippen molar-refractivity contribution in [3.05, 3.63) is 90.8 Å². The molecule has 2 aromatic heterocycles. The zero-order chi connectivity index (χ0) is 19.7. The van der Waals surface area contributed by atoms with Crippen molar-refractivity contribution in [3.8, 4) is 22.6 Å². The van der Waals surface area contributed by atoms with Crippen LogP contribution >= 0.6 is 0 Å². The lowest BCUT2D eigenvalue weighted by molar-refractivity contribution is 0.281. The molecule has 0 atom stereocenters. The van der Waals surface area contributed by atoms with Crippen molar-refractivity contribution in [2.45, 2.75) is 6.61 Å². The molecule has 4 aromatic carbocycles. The Bertz CT molecular complexity index is 1610. The van der Waals surface area contributed by atoms with E-state index in [9.17, 15) is 0 Å². The van der Waals surface area contributed by atoms with E-state index in [2.05, 4.69) is 53.1 Å². The summed E-state index contributed by atoms with van der Waals surface area (Å²) < 4.78 is 14.3. The first kappa shape index (κ1) is 15.8. The molecule has 4 nitrogen and oxygen atoms in total. The fraction of sp³-hybridized carbons (Fsp3) is 0.0385. The average Bonchev–Trinajstić information content (AvgIpc) is 3.37. The number of rotatable bonds is 1. The van der Waals surface area contributed by atoms with Crippen LogP contribution in [-0.2, 0) is 6.61 Å². The second kappa shape index (κ2) is 5.74. The Morgan fingerprint density at radius 3 is 2.67 bits per heavy atom. The van der Waals surface area contributed by atoms with E-state index in [0.717, 1.165) is 61.4 Å². The topological polar surface area (TPSA) is 40.2 Å². The zero-order valence-electron chi connectivity index (χ0n) is 16.0. The summed E-state index contributed by atoms with van der Waals surface area (Å²) >= 11 is 0. The summed E-state index contributed by atoms with van der Waals surface area (Å²) in [4.78, 5) is 4.76. The van der Waals surface area contributed by atoms with Crippen molar-refractivity contribution in [3.63, 3.8) is 0 Å². The number of nitrogens with zero attached hydrogens (tertiary/aromatic N) is 2. The van der Waals surface area contributed by atoms with E-state index >= 15 is 0 Å². The van der Waals surface area contributed by atoms with Crippen LogP contribution in [0, 0.1) is 0 Å². The molecule has 4 heteroatoms.